The summed E-state index contributed by atoms with van der Waals surface area (Å²) in [5.41, 5.74) is 3.45. The maximum absolute atomic E-state index is 11.5. The summed E-state index contributed by atoms with van der Waals surface area (Å²) in [6, 6.07) is 6.23. The Kier molecular flexibility index (Phi) is 2.52. The molecule has 0 atom stereocenters. The number of carbonyl (C=O) groups is 1. The zero-order valence-corrected chi connectivity index (χ0v) is 9.60. The zero-order valence-electron chi connectivity index (χ0n) is 9.60. The molecular weight excluding hydrogens is 212 g/mol. The number of ketones is 1. The first-order chi connectivity index (χ1) is 8.33. The highest BCUT2D eigenvalue weighted by atomic mass is 16.1. The molecule has 3 rings (SSSR count). The molecule has 1 aromatic carbocycles. The Bertz CT molecular complexity index is 543. The van der Waals surface area contributed by atoms with E-state index in [0.29, 0.717) is 12.2 Å². The van der Waals surface area contributed by atoms with Crippen LogP contribution >= 0.6 is 0 Å². The van der Waals surface area contributed by atoms with E-state index in [1.54, 1.807) is 6.20 Å². The summed E-state index contributed by atoms with van der Waals surface area (Å²) in [5.74, 6) is 0.293. The van der Waals surface area contributed by atoms with Crippen molar-refractivity contribution in [2.45, 2.75) is 25.8 Å². The average molecular weight is 226 g/mol. The van der Waals surface area contributed by atoms with E-state index in [-0.39, 0.29) is 0 Å². The lowest BCUT2D eigenvalue weighted by Crippen LogP contribution is -1.99. The van der Waals surface area contributed by atoms with Crippen molar-refractivity contribution in [3.8, 4) is 0 Å². The minimum absolute atomic E-state index is 0.293. The fourth-order valence-electron chi connectivity index (χ4n) is 2.34. The Balaban J connectivity index is 1.74. The minimum atomic E-state index is 0.293. The monoisotopic (exact) mass is 226 g/mol. The molecule has 3 nitrogen and oxygen atoms in total. The summed E-state index contributed by atoms with van der Waals surface area (Å²) in [4.78, 5) is 15.5. The van der Waals surface area contributed by atoms with E-state index in [9.17, 15) is 4.79 Å². The molecule has 2 aromatic rings. The average Bonchev–Trinajstić information content (AvgIpc) is 2.97. The van der Waals surface area contributed by atoms with E-state index < -0.39 is 0 Å². The summed E-state index contributed by atoms with van der Waals surface area (Å²) < 4.78 is 2.07. The third-order valence-corrected chi connectivity index (χ3v) is 3.31. The van der Waals surface area contributed by atoms with Crippen LogP contribution in [0.4, 0.5) is 0 Å². The van der Waals surface area contributed by atoms with E-state index in [2.05, 4.69) is 21.7 Å². The molecule has 0 aliphatic heterocycles. The fraction of sp³-hybridized carbons (Fsp3) is 0.286. The van der Waals surface area contributed by atoms with Crippen molar-refractivity contribution in [1.29, 1.82) is 0 Å². The summed E-state index contributed by atoms with van der Waals surface area (Å²) in [6.45, 7) is 0.937. The first-order valence-corrected chi connectivity index (χ1v) is 5.94. The number of aromatic nitrogens is 2. The Hall–Kier alpha value is -1.90. The fourth-order valence-corrected chi connectivity index (χ4v) is 2.34. The number of imidazole rings is 1. The number of hydrogen-bond acceptors (Lipinski definition) is 2. The van der Waals surface area contributed by atoms with Crippen LogP contribution in [-0.2, 0) is 19.4 Å². The van der Waals surface area contributed by atoms with Gasteiger partial charge in [-0.3, -0.25) is 4.79 Å². The van der Waals surface area contributed by atoms with E-state index >= 15 is 0 Å². The molecule has 3 heteroatoms. The van der Waals surface area contributed by atoms with Crippen LogP contribution in [0.5, 0.6) is 0 Å². The quantitative estimate of drug-likeness (QED) is 0.804. The second-order valence-corrected chi connectivity index (χ2v) is 4.47. The van der Waals surface area contributed by atoms with Crippen LogP contribution in [0.15, 0.2) is 36.9 Å². The number of fused-ring (bicyclic) bond motifs is 1. The molecule has 1 aromatic heterocycles. The van der Waals surface area contributed by atoms with Gasteiger partial charge in [-0.05, 0) is 24.0 Å². The van der Waals surface area contributed by atoms with Gasteiger partial charge in [-0.1, -0.05) is 18.2 Å². The lowest BCUT2D eigenvalue weighted by atomic mass is 10.0. The molecule has 0 N–H and O–H groups in total. The second kappa shape index (κ2) is 4.17. The van der Waals surface area contributed by atoms with Crippen LogP contribution in [-0.4, -0.2) is 15.3 Å². The predicted octanol–water partition coefficient (Wildman–Crippen LogP) is 2.25. The molecule has 0 saturated carbocycles. The molecule has 0 bridgehead atoms. The first kappa shape index (κ1) is 10.3. The second-order valence-electron chi connectivity index (χ2n) is 4.47. The van der Waals surface area contributed by atoms with Gasteiger partial charge in [-0.2, -0.15) is 0 Å². The number of rotatable bonds is 3. The summed E-state index contributed by atoms with van der Waals surface area (Å²) in [5, 5.41) is 0. The van der Waals surface area contributed by atoms with Crippen molar-refractivity contribution >= 4 is 5.78 Å². The van der Waals surface area contributed by atoms with Gasteiger partial charge < -0.3 is 4.57 Å². The van der Waals surface area contributed by atoms with Crippen LogP contribution in [0.25, 0.3) is 0 Å². The van der Waals surface area contributed by atoms with Gasteiger partial charge in [0.15, 0.2) is 5.78 Å². The van der Waals surface area contributed by atoms with E-state index in [0.717, 1.165) is 24.9 Å². The van der Waals surface area contributed by atoms with Gasteiger partial charge in [0.25, 0.3) is 0 Å². The van der Waals surface area contributed by atoms with Crippen molar-refractivity contribution < 1.29 is 4.79 Å². The summed E-state index contributed by atoms with van der Waals surface area (Å²) in [7, 11) is 0. The molecule has 0 fully saturated rings. The van der Waals surface area contributed by atoms with Crippen molar-refractivity contribution in [2.75, 3.05) is 0 Å². The van der Waals surface area contributed by atoms with Gasteiger partial charge in [-0.15, -0.1) is 0 Å². The molecule has 0 spiro atoms. The standard InChI is InChI=1S/C14H14N2O/c17-14-4-2-12-9-11(1-3-13(12)14)5-7-16-8-6-15-10-16/h1,3,6,8-10H,2,4-5,7H2. The molecule has 0 radical (unpaired) electrons. The topological polar surface area (TPSA) is 34.9 Å². The molecule has 1 aliphatic rings. The predicted molar refractivity (Wildman–Crippen MR) is 65.0 cm³/mol. The maximum atomic E-state index is 11.5. The molecule has 17 heavy (non-hydrogen) atoms. The SMILES string of the molecule is O=C1CCc2cc(CCn3ccnc3)ccc21. The highest BCUT2D eigenvalue weighted by Crippen LogP contribution is 2.23. The molecular formula is C14H14N2O. The normalized spacial score (nSPS) is 14.0. The Morgan fingerprint density at radius 1 is 1.29 bits per heavy atom. The number of nitrogens with zero attached hydrogens (tertiary/aromatic N) is 2. The van der Waals surface area contributed by atoms with Gasteiger partial charge in [0.1, 0.15) is 0 Å². The maximum Gasteiger partial charge on any atom is 0.163 e. The van der Waals surface area contributed by atoms with Crippen molar-refractivity contribution in [1.82, 2.24) is 9.55 Å². The molecule has 1 aliphatic carbocycles. The number of benzene rings is 1. The van der Waals surface area contributed by atoms with Crippen molar-refractivity contribution in [3.05, 3.63) is 53.6 Å². The van der Waals surface area contributed by atoms with Crippen LogP contribution in [0.1, 0.15) is 27.9 Å². The highest BCUT2D eigenvalue weighted by molar-refractivity contribution is 6.00. The van der Waals surface area contributed by atoms with E-state index in [1.165, 1.54) is 11.1 Å². The van der Waals surface area contributed by atoms with Gasteiger partial charge >= 0.3 is 0 Å². The highest BCUT2D eigenvalue weighted by Gasteiger charge is 2.18. The summed E-state index contributed by atoms with van der Waals surface area (Å²) >= 11 is 0. The van der Waals surface area contributed by atoms with Crippen LogP contribution in [0.2, 0.25) is 0 Å². The lowest BCUT2D eigenvalue weighted by Gasteiger charge is -2.05. The van der Waals surface area contributed by atoms with Gasteiger partial charge in [0.2, 0.25) is 0 Å². The van der Waals surface area contributed by atoms with Crippen molar-refractivity contribution in [2.24, 2.45) is 0 Å². The smallest absolute Gasteiger partial charge is 0.163 e. The third kappa shape index (κ3) is 2.00. The van der Waals surface area contributed by atoms with Gasteiger partial charge in [0, 0.05) is 30.9 Å². The van der Waals surface area contributed by atoms with Crippen LogP contribution in [0, 0.1) is 0 Å². The first-order valence-electron chi connectivity index (χ1n) is 5.94. The molecule has 0 unspecified atom stereocenters. The van der Waals surface area contributed by atoms with Crippen LogP contribution < -0.4 is 0 Å². The Morgan fingerprint density at radius 3 is 3.06 bits per heavy atom. The van der Waals surface area contributed by atoms with E-state index in [4.69, 9.17) is 0 Å². The summed E-state index contributed by atoms with van der Waals surface area (Å²) in [6.07, 6.45) is 8.17. The number of carbonyl (C=O) groups excluding carboxylic acids is 1. The third-order valence-electron chi connectivity index (χ3n) is 3.31. The van der Waals surface area contributed by atoms with Crippen molar-refractivity contribution in [3.63, 3.8) is 0 Å². The van der Waals surface area contributed by atoms with E-state index in [1.807, 2.05) is 18.6 Å². The molecule has 0 amide bonds. The van der Waals surface area contributed by atoms with Gasteiger partial charge in [-0.25, -0.2) is 4.98 Å². The van der Waals surface area contributed by atoms with Gasteiger partial charge in [0.05, 0.1) is 6.33 Å². The lowest BCUT2D eigenvalue weighted by molar-refractivity contribution is 0.0994. The van der Waals surface area contributed by atoms with Crippen LogP contribution in [0.3, 0.4) is 0 Å². The molecule has 0 saturated heterocycles. The largest absolute Gasteiger partial charge is 0.337 e. The number of hydrogen-bond donors (Lipinski definition) is 0. The number of Topliss-reactive ketones (excluding diaryl/α,β-unsaturated/α-hetero) is 1. The molecule has 86 valence electrons. The Morgan fingerprint density at radius 2 is 2.24 bits per heavy atom. The Labute approximate surface area is 100 Å². The molecule has 1 heterocycles. The minimum Gasteiger partial charge on any atom is -0.337 e. The number of aryl methyl sites for hydroxylation is 3. The zero-order chi connectivity index (χ0) is 11.7.